The molecular formula is C32H42O2S2. The molecule has 0 aromatic carbocycles. The summed E-state index contributed by atoms with van der Waals surface area (Å²) < 4.78 is 0. The molecule has 4 heteroatoms. The first kappa shape index (κ1) is 28.5. The molecule has 0 spiro atoms. The molecule has 0 N–H and O–H groups in total. The van der Waals surface area contributed by atoms with E-state index in [1.807, 2.05) is 0 Å². The van der Waals surface area contributed by atoms with Gasteiger partial charge in [0.2, 0.25) is 21.1 Å². The van der Waals surface area contributed by atoms with Gasteiger partial charge >= 0.3 is 0 Å². The smallest absolute Gasteiger partial charge is 0.219 e. The molecule has 194 valence electrons. The van der Waals surface area contributed by atoms with Gasteiger partial charge in [0.15, 0.2) is 5.78 Å². The molecule has 0 bridgehead atoms. The fourth-order valence-electron chi connectivity index (χ4n) is 3.91. The lowest BCUT2D eigenvalue weighted by Crippen LogP contribution is -2.30. The first-order valence-electron chi connectivity index (χ1n) is 12.7. The van der Waals surface area contributed by atoms with Crippen LogP contribution in [0.2, 0.25) is 0 Å². The molecule has 1 aliphatic carbocycles. The first-order valence-corrected chi connectivity index (χ1v) is 14.3. The van der Waals surface area contributed by atoms with Crippen molar-refractivity contribution in [2.75, 3.05) is 0 Å². The van der Waals surface area contributed by atoms with E-state index in [2.05, 4.69) is 107 Å². The van der Waals surface area contributed by atoms with Crippen molar-refractivity contribution in [3.8, 4) is 0 Å². The van der Waals surface area contributed by atoms with E-state index in [0.29, 0.717) is 0 Å². The predicted molar refractivity (Wildman–Crippen MR) is 160 cm³/mol. The number of carbonyl (C=O) groups excluding carboxylic acids is 1. The van der Waals surface area contributed by atoms with Gasteiger partial charge in [0.1, 0.15) is 0 Å². The highest BCUT2D eigenvalue weighted by molar-refractivity contribution is 7.99. The summed E-state index contributed by atoms with van der Waals surface area (Å²) in [6, 6.07) is 4.25. The lowest BCUT2D eigenvalue weighted by atomic mass is 9.81. The maximum atomic E-state index is 13.2. The Morgan fingerprint density at radius 3 is 1.69 bits per heavy atom. The van der Waals surface area contributed by atoms with Crippen LogP contribution in [0.4, 0.5) is 0 Å². The SMILES string of the molecule is CC(C)(C)C1=S=C(C(C)(C)C)/C(=C/C2=C([O-])C(=Cc3cc(C(C)(C)C)[s+]c(C(C)(C)C)c3)C2=O)C=C1. The molecule has 2 nitrogen and oxygen atoms in total. The lowest BCUT2D eigenvalue weighted by Gasteiger charge is -2.31. The third-order valence-corrected chi connectivity index (χ3v) is 10.1. The minimum Gasteiger partial charge on any atom is -0.871 e. The number of hydrogen-bond acceptors (Lipinski definition) is 2. The van der Waals surface area contributed by atoms with Crippen molar-refractivity contribution >= 4 is 43.9 Å². The zero-order valence-corrected chi connectivity index (χ0v) is 25.7. The second kappa shape index (κ2) is 9.36. The van der Waals surface area contributed by atoms with Crippen molar-refractivity contribution in [3.05, 3.63) is 68.2 Å². The molecule has 0 fully saturated rings. The molecule has 1 aromatic heterocycles. The first-order chi connectivity index (χ1) is 16.2. The van der Waals surface area contributed by atoms with Crippen molar-refractivity contribution in [1.82, 2.24) is 0 Å². The van der Waals surface area contributed by atoms with Crippen LogP contribution in [0.3, 0.4) is 0 Å². The van der Waals surface area contributed by atoms with Crippen LogP contribution in [0.1, 0.15) is 98.4 Å². The van der Waals surface area contributed by atoms with Crippen LogP contribution >= 0.6 is 22.3 Å². The quantitative estimate of drug-likeness (QED) is 0.225. The highest BCUT2D eigenvalue weighted by Crippen LogP contribution is 2.38. The Kier molecular flexibility index (Phi) is 7.42. The van der Waals surface area contributed by atoms with E-state index in [0.717, 1.165) is 11.1 Å². The highest BCUT2D eigenvalue weighted by atomic mass is 32.1. The molecule has 2 heterocycles. The van der Waals surface area contributed by atoms with E-state index in [1.54, 1.807) is 34.4 Å². The molecule has 1 aliphatic heterocycles. The molecule has 0 saturated heterocycles. The molecular weight excluding hydrogens is 480 g/mol. The van der Waals surface area contributed by atoms with Crippen LogP contribution in [0.25, 0.3) is 6.08 Å². The summed E-state index contributed by atoms with van der Waals surface area (Å²) >= 11 is 1.80. The Morgan fingerprint density at radius 2 is 1.28 bits per heavy atom. The summed E-state index contributed by atoms with van der Waals surface area (Å²) in [4.78, 5) is 18.1. The van der Waals surface area contributed by atoms with Gasteiger partial charge in [-0.05, 0) is 40.2 Å². The zero-order chi connectivity index (χ0) is 27.4. The van der Waals surface area contributed by atoms with Gasteiger partial charge < -0.3 is 5.11 Å². The maximum absolute atomic E-state index is 13.2. The maximum Gasteiger partial charge on any atom is 0.219 e. The Hall–Kier alpha value is -2.04. The Labute approximate surface area is 226 Å². The summed E-state index contributed by atoms with van der Waals surface area (Å²) in [7, 11) is 1.77. The zero-order valence-electron chi connectivity index (χ0n) is 24.1. The number of Topliss-reactive ketones (excluding diaryl/α,β-unsaturated/α-hetero) is 1. The third kappa shape index (κ3) is 6.08. The number of hydrogen-bond donors (Lipinski definition) is 0. The van der Waals surface area contributed by atoms with Gasteiger partial charge in [-0.2, -0.15) is 0 Å². The molecule has 1 aromatic rings. The Morgan fingerprint density at radius 1 is 0.750 bits per heavy atom. The molecule has 0 unspecified atom stereocenters. The Bertz CT molecular complexity index is 1260. The van der Waals surface area contributed by atoms with Crippen LogP contribution < -0.4 is 5.11 Å². The minimum absolute atomic E-state index is 0.0123. The van der Waals surface area contributed by atoms with E-state index in [9.17, 15) is 9.90 Å². The average Bonchev–Trinajstić information content (AvgIpc) is 2.72. The van der Waals surface area contributed by atoms with E-state index in [-0.39, 0.29) is 44.3 Å². The number of carbonyl (C=O) groups is 1. The largest absolute Gasteiger partial charge is 0.871 e. The fourth-order valence-corrected chi connectivity index (χ4v) is 6.36. The van der Waals surface area contributed by atoms with Crippen LogP contribution in [0, 0.1) is 10.8 Å². The van der Waals surface area contributed by atoms with E-state index >= 15 is 0 Å². The number of rotatable bonds is 2. The number of ketones is 1. The van der Waals surface area contributed by atoms with Crippen LogP contribution in [0.5, 0.6) is 0 Å². The van der Waals surface area contributed by atoms with Crippen molar-refractivity contribution in [2.24, 2.45) is 10.8 Å². The third-order valence-electron chi connectivity index (χ3n) is 6.19. The fraction of sp³-hybridized carbons (Fsp3) is 0.500. The van der Waals surface area contributed by atoms with Gasteiger partial charge in [0, 0.05) is 43.8 Å². The average molecular weight is 523 g/mol. The summed E-state index contributed by atoms with van der Waals surface area (Å²) in [5.74, 6) is -0.321. The topological polar surface area (TPSA) is 40.1 Å². The summed E-state index contributed by atoms with van der Waals surface area (Å²) in [6.07, 6.45) is 7.79. The van der Waals surface area contributed by atoms with Crippen molar-refractivity contribution in [1.29, 1.82) is 0 Å². The standard InChI is InChI=1S/C32H42O2S2/c1-29(2,3)23-14-13-20(28(36-23)32(10,11)12)18-22-26(33)21(27(22)34)15-19-16-24(30(4,5)6)35-25(17-19)31(7,8)9/h13-18H,1-12H3/b20-18+. The second-order valence-corrected chi connectivity index (χ2v) is 16.1. The van der Waals surface area contributed by atoms with Crippen LogP contribution in [-0.4, -0.2) is 15.5 Å². The molecule has 2 aliphatic rings. The molecule has 0 atom stereocenters. The summed E-state index contributed by atoms with van der Waals surface area (Å²) in [5, 5.41) is 13.2. The van der Waals surface area contributed by atoms with Crippen molar-refractivity contribution in [3.63, 3.8) is 0 Å². The van der Waals surface area contributed by atoms with E-state index in [1.165, 1.54) is 19.5 Å². The molecule has 3 rings (SSSR count). The van der Waals surface area contributed by atoms with Gasteiger partial charge in [-0.3, -0.25) is 4.79 Å². The van der Waals surface area contributed by atoms with Gasteiger partial charge in [-0.25, -0.2) is 0 Å². The normalized spacial score (nSPS) is 19.8. The highest BCUT2D eigenvalue weighted by Gasteiger charge is 2.33. The summed E-state index contributed by atoms with van der Waals surface area (Å²) in [6.45, 7) is 26.3. The predicted octanol–water partition coefficient (Wildman–Crippen LogP) is 7.87. The van der Waals surface area contributed by atoms with Gasteiger partial charge in [-0.15, -0.1) is 10.9 Å². The van der Waals surface area contributed by atoms with Gasteiger partial charge in [-0.1, -0.05) is 94.9 Å². The van der Waals surface area contributed by atoms with Crippen molar-refractivity contribution in [2.45, 2.75) is 93.9 Å². The van der Waals surface area contributed by atoms with Gasteiger partial charge in [0.05, 0.1) is 0 Å². The second-order valence-electron chi connectivity index (χ2n) is 14.0. The monoisotopic (exact) mass is 522 g/mol. The van der Waals surface area contributed by atoms with Gasteiger partial charge in [0.25, 0.3) is 0 Å². The van der Waals surface area contributed by atoms with Crippen molar-refractivity contribution < 1.29 is 9.90 Å². The lowest BCUT2D eigenvalue weighted by molar-refractivity contribution is -0.300. The molecule has 0 saturated carbocycles. The van der Waals surface area contributed by atoms with E-state index in [4.69, 9.17) is 0 Å². The molecule has 0 radical (unpaired) electrons. The van der Waals surface area contributed by atoms with Crippen LogP contribution in [-0.2, 0) is 15.6 Å². The van der Waals surface area contributed by atoms with E-state index < -0.39 is 0 Å². The number of allylic oxidation sites excluding steroid dienone is 6. The van der Waals surface area contributed by atoms with Crippen LogP contribution in [0.15, 0.2) is 52.8 Å². The summed E-state index contributed by atoms with van der Waals surface area (Å²) in [5.41, 5.74) is 2.38. The molecule has 36 heavy (non-hydrogen) atoms. The molecule has 0 amide bonds. The Balaban J connectivity index is 2.09. The minimum atomic E-state index is -0.160.